The summed E-state index contributed by atoms with van der Waals surface area (Å²) in [4.78, 5) is 33.6. The minimum atomic E-state index is -5.05. The highest BCUT2D eigenvalue weighted by molar-refractivity contribution is 5.79. The molecule has 3 aromatic rings. The zero-order valence-corrected chi connectivity index (χ0v) is 27.1. The smallest absolute Gasteiger partial charge is 0.416 e. The third kappa shape index (κ3) is 7.42. The number of nitrogens with zero attached hydrogens (tertiary/aromatic N) is 3. The highest BCUT2D eigenvalue weighted by atomic mass is 19.4. The predicted octanol–water partition coefficient (Wildman–Crippen LogP) is 8.03. The monoisotopic (exact) mass is 691 g/mol. The molecular weight excluding hydrogens is 656 g/mol. The van der Waals surface area contributed by atoms with Crippen molar-refractivity contribution < 1.29 is 50.1 Å². The highest BCUT2D eigenvalue weighted by Crippen LogP contribution is 2.44. The molecule has 3 fully saturated rings. The lowest BCUT2D eigenvalue weighted by atomic mass is 9.94. The standard InChI is InChI=1S/C35H35F6N3O5/c1-19-13-29(43-11-4-12-43)42-27(31(19)26-14-21(6-10-30(45)47-3)5-9-28(26)48-25-7-8-25)18-44-20(2)32(49-33(44)46)22-15-23(34(36,37)38)17-24(16-22)35(39,40)41/h5,9,13-17,20,25,32H,4,6-8,10-12,18H2,1-3H3/t20-,32-/m0/s1. The maximum absolute atomic E-state index is 13.7. The van der Waals surface area contributed by atoms with Crippen molar-refractivity contribution in [3.8, 4) is 16.9 Å². The zero-order chi connectivity index (χ0) is 35.2. The molecule has 0 unspecified atom stereocenters. The number of pyridine rings is 1. The maximum atomic E-state index is 13.7. The van der Waals surface area contributed by atoms with E-state index in [1.54, 1.807) is 0 Å². The number of carbonyl (C=O) groups excluding carboxylic acids is 2. The molecule has 0 radical (unpaired) electrons. The van der Waals surface area contributed by atoms with E-state index in [0.29, 0.717) is 46.9 Å². The van der Waals surface area contributed by atoms with E-state index in [1.165, 1.54) is 18.9 Å². The number of rotatable bonds is 10. The summed E-state index contributed by atoms with van der Waals surface area (Å²) in [5.41, 5.74) is 0.0736. The summed E-state index contributed by atoms with van der Waals surface area (Å²) in [6.45, 7) is 4.84. The molecule has 0 N–H and O–H groups in total. The molecule has 1 saturated carbocycles. The molecule has 8 nitrogen and oxygen atoms in total. The van der Waals surface area contributed by atoms with Crippen LogP contribution in [0.3, 0.4) is 0 Å². The summed E-state index contributed by atoms with van der Waals surface area (Å²) in [5, 5.41) is 0. The van der Waals surface area contributed by atoms with Gasteiger partial charge in [-0.1, -0.05) is 6.07 Å². The molecule has 2 aliphatic heterocycles. The molecule has 262 valence electrons. The van der Waals surface area contributed by atoms with Crippen LogP contribution in [0.2, 0.25) is 0 Å². The summed E-state index contributed by atoms with van der Waals surface area (Å²) in [7, 11) is 1.32. The molecule has 49 heavy (non-hydrogen) atoms. The fraction of sp³-hybridized carbons (Fsp3) is 0.457. The van der Waals surface area contributed by atoms with Crippen LogP contribution < -0.4 is 9.64 Å². The van der Waals surface area contributed by atoms with Gasteiger partial charge in [0.25, 0.3) is 0 Å². The molecule has 6 rings (SSSR count). The Morgan fingerprint density at radius 1 is 1.00 bits per heavy atom. The number of alkyl halides is 6. The molecule has 3 aliphatic rings. The number of methoxy groups -OCH3 is 1. The van der Waals surface area contributed by atoms with Crippen LogP contribution >= 0.6 is 0 Å². The number of aryl methyl sites for hydroxylation is 2. The van der Waals surface area contributed by atoms with E-state index < -0.39 is 47.3 Å². The van der Waals surface area contributed by atoms with Gasteiger partial charge < -0.3 is 19.1 Å². The van der Waals surface area contributed by atoms with E-state index in [4.69, 9.17) is 19.2 Å². The number of ether oxygens (including phenoxy) is 3. The first-order chi connectivity index (χ1) is 23.1. The SMILES string of the molecule is COC(=O)CCc1ccc(OC2CC2)c(-c2c(C)cc(N3CCC3)nc2CN2C(=O)O[C@H](c3cc(C(F)(F)F)cc(C(F)(F)F)c3)[C@@H]2C)c1. The summed E-state index contributed by atoms with van der Waals surface area (Å²) < 4.78 is 98.5. The molecule has 3 heterocycles. The number of halogens is 6. The van der Waals surface area contributed by atoms with Crippen molar-refractivity contribution in [1.82, 2.24) is 9.88 Å². The number of hydrogen-bond donors (Lipinski definition) is 0. The van der Waals surface area contributed by atoms with Crippen molar-refractivity contribution in [2.24, 2.45) is 0 Å². The van der Waals surface area contributed by atoms with Gasteiger partial charge in [-0.2, -0.15) is 26.3 Å². The van der Waals surface area contributed by atoms with Gasteiger partial charge >= 0.3 is 24.4 Å². The Kier molecular flexibility index (Phi) is 9.18. The molecule has 1 amide bonds. The van der Waals surface area contributed by atoms with Gasteiger partial charge in [-0.05, 0) is 92.6 Å². The quantitative estimate of drug-likeness (QED) is 0.157. The van der Waals surface area contributed by atoms with Crippen LogP contribution in [-0.2, 0) is 39.6 Å². The number of esters is 1. The Morgan fingerprint density at radius 2 is 1.67 bits per heavy atom. The van der Waals surface area contributed by atoms with Gasteiger partial charge in [0.15, 0.2) is 0 Å². The van der Waals surface area contributed by atoms with Crippen molar-refractivity contribution >= 4 is 17.9 Å². The number of amides is 1. The molecule has 0 spiro atoms. The van der Waals surface area contributed by atoms with Crippen LogP contribution in [0.5, 0.6) is 5.75 Å². The molecule has 14 heteroatoms. The van der Waals surface area contributed by atoms with Crippen LogP contribution in [0.15, 0.2) is 42.5 Å². The second-order valence-corrected chi connectivity index (χ2v) is 12.7. The van der Waals surface area contributed by atoms with Gasteiger partial charge in [-0.25, -0.2) is 9.78 Å². The number of benzene rings is 2. The lowest BCUT2D eigenvalue weighted by Crippen LogP contribution is -2.38. The van der Waals surface area contributed by atoms with Crippen molar-refractivity contribution in [2.75, 3.05) is 25.1 Å². The number of carbonyl (C=O) groups is 2. The Bertz CT molecular complexity index is 1720. The Balaban J connectivity index is 1.40. The Morgan fingerprint density at radius 3 is 2.24 bits per heavy atom. The summed E-state index contributed by atoms with van der Waals surface area (Å²) in [6.07, 6.45) is -9.06. The van der Waals surface area contributed by atoms with E-state index in [9.17, 15) is 35.9 Å². The number of hydrogen-bond acceptors (Lipinski definition) is 7. The minimum absolute atomic E-state index is 0.0418. The number of cyclic esters (lactones) is 1. The largest absolute Gasteiger partial charge is 0.490 e. The first kappa shape index (κ1) is 34.4. The Labute approximate surface area is 278 Å². The van der Waals surface area contributed by atoms with Gasteiger partial charge in [0.1, 0.15) is 17.7 Å². The van der Waals surface area contributed by atoms with Crippen molar-refractivity contribution in [1.29, 1.82) is 0 Å². The lowest BCUT2D eigenvalue weighted by molar-refractivity contribution is -0.143. The van der Waals surface area contributed by atoms with E-state index >= 15 is 0 Å². The van der Waals surface area contributed by atoms with Gasteiger partial charge in [-0.3, -0.25) is 9.69 Å². The first-order valence-electron chi connectivity index (χ1n) is 16.0. The van der Waals surface area contributed by atoms with E-state index in [1.807, 2.05) is 31.2 Å². The van der Waals surface area contributed by atoms with E-state index in [2.05, 4.69) is 4.90 Å². The van der Waals surface area contributed by atoms with E-state index in [0.717, 1.165) is 43.5 Å². The number of anilines is 1. The second kappa shape index (κ2) is 13.1. The molecule has 0 bridgehead atoms. The zero-order valence-electron chi connectivity index (χ0n) is 27.1. The maximum Gasteiger partial charge on any atom is 0.416 e. The van der Waals surface area contributed by atoms with Gasteiger partial charge in [0.05, 0.1) is 42.6 Å². The summed E-state index contributed by atoms with van der Waals surface area (Å²) in [5.74, 6) is 0.903. The first-order valence-corrected chi connectivity index (χ1v) is 16.0. The van der Waals surface area contributed by atoms with Crippen LogP contribution in [0.25, 0.3) is 11.1 Å². The van der Waals surface area contributed by atoms with Crippen molar-refractivity contribution in [3.05, 3.63) is 76.0 Å². The third-order valence-corrected chi connectivity index (χ3v) is 9.09. The molecule has 2 saturated heterocycles. The molecule has 1 aromatic heterocycles. The van der Waals surface area contributed by atoms with Gasteiger partial charge in [-0.15, -0.1) is 0 Å². The second-order valence-electron chi connectivity index (χ2n) is 12.7. The number of aromatic nitrogens is 1. The topological polar surface area (TPSA) is 81.2 Å². The van der Waals surface area contributed by atoms with Gasteiger partial charge in [0.2, 0.25) is 0 Å². The fourth-order valence-corrected chi connectivity index (χ4v) is 6.12. The van der Waals surface area contributed by atoms with Crippen LogP contribution in [-0.4, -0.2) is 54.3 Å². The fourth-order valence-electron chi connectivity index (χ4n) is 6.12. The predicted molar refractivity (Wildman–Crippen MR) is 166 cm³/mol. The van der Waals surface area contributed by atoms with Crippen molar-refractivity contribution in [2.45, 2.75) is 83.1 Å². The lowest BCUT2D eigenvalue weighted by Gasteiger charge is -2.33. The average Bonchev–Trinajstić information content (AvgIpc) is 3.79. The Hall–Kier alpha value is -4.49. The van der Waals surface area contributed by atoms with E-state index in [-0.39, 0.29) is 31.1 Å². The van der Waals surface area contributed by atoms with Gasteiger partial charge in [0, 0.05) is 30.6 Å². The average molecular weight is 692 g/mol. The van der Waals surface area contributed by atoms with Crippen molar-refractivity contribution in [3.63, 3.8) is 0 Å². The van der Waals surface area contributed by atoms with Crippen LogP contribution in [0.4, 0.5) is 37.0 Å². The molecule has 2 aromatic carbocycles. The summed E-state index contributed by atoms with van der Waals surface area (Å²) in [6, 6.07) is 7.83. The van der Waals surface area contributed by atoms with Crippen LogP contribution in [0.1, 0.15) is 72.2 Å². The molecular formula is C35H35F6N3O5. The summed E-state index contributed by atoms with van der Waals surface area (Å²) >= 11 is 0. The third-order valence-electron chi connectivity index (χ3n) is 9.09. The van der Waals surface area contributed by atoms with Crippen LogP contribution in [0, 0.1) is 6.92 Å². The molecule has 1 aliphatic carbocycles. The normalized spacial score (nSPS) is 19.5. The minimum Gasteiger partial charge on any atom is -0.490 e. The molecule has 2 atom stereocenters. The highest BCUT2D eigenvalue weighted by Gasteiger charge is 2.44.